The number of nitrogens with zero attached hydrogens (tertiary/aromatic N) is 3. The summed E-state index contributed by atoms with van der Waals surface area (Å²) in [5.74, 6) is 1.09. The highest BCUT2D eigenvalue weighted by atomic mass is 15.1. The van der Waals surface area contributed by atoms with Gasteiger partial charge in [-0.3, -0.25) is 4.98 Å². The van der Waals surface area contributed by atoms with Gasteiger partial charge in [-0.2, -0.15) is 0 Å². The third-order valence-electron chi connectivity index (χ3n) is 3.58. The van der Waals surface area contributed by atoms with Gasteiger partial charge in [-0.15, -0.1) is 0 Å². The summed E-state index contributed by atoms with van der Waals surface area (Å²) in [7, 11) is 0. The number of imidazole rings is 1. The van der Waals surface area contributed by atoms with E-state index < -0.39 is 0 Å². The second kappa shape index (κ2) is 4.44. The molecule has 0 spiro atoms. The van der Waals surface area contributed by atoms with Crippen molar-refractivity contribution in [1.29, 1.82) is 0 Å². The van der Waals surface area contributed by atoms with Crippen LogP contribution in [0.4, 0.5) is 5.69 Å². The van der Waals surface area contributed by atoms with Gasteiger partial charge in [-0.05, 0) is 44.7 Å². The Morgan fingerprint density at radius 2 is 2.17 bits per heavy atom. The van der Waals surface area contributed by atoms with Gasteiger partial charge in [-0.1, -0.05) is 0 Å². The molecule has 94 valence electrons. The fourth-order valence-electron chi connectivity index (χ4n) is 2.69. The molecule has 2 N–H and O–H groups in total. The summed E-state index contributed by atoms with van der Waals surface area (Å²) in [5, 5.41) is 0. The summed E-state index contributed by atoms with van der Waals surface area (Å²) in [5.41, 5.74) is 10.2. The molecule has 0 radical (unpaired) electrons. The SMILES string of the molecule is Cc1nc2c(n1Cc1cc(N)ccn1)CCCC2. The van der Waals surface area contributed by atoms with Crippen LogP contribution in [-0.4, -0.2) is 14.5 Å². The van der Waals surface area contributed by atoms with Gasteiger partial charge in [0.1, 0.15) is 5.82 Å². The number of nitrogen functional groups attached to an aromatic ring is 1. The van der Waals surface area contributed by atoms with Crippen molar-refractivity contribution < 1.29 is 0 Å². The third-order valence-corrected chi connectivity index (χ3v) is 3.58. The van der Waals surface area contributed by atoms with Crippen LogP contribution in [0.3, 0.4) is 0 Å². The summed E-state index contributed by atoms with van der Waals surface area (Å²) < 4.78 is 2.29. The summed E-state index contributed by atoms with van der Waals surface area (Å²) in [6.45, 7) is 2.85. The quantitative estimate of drug-likeness (QED) is 0.877. The van der Waals surface area contributed by atoms with Crippen LogP contribution in [-0.2, 0) is 19.4 Å². The molecule has 0 aliphatic heterocycles. The number of fused-ring (bicyclic) bond motifs is 1. The van der Waals surface area contributed by atoms with Gasteiger partial charge in [0.05, 0.1) is 17.9 Å². The summed E-state index contributed by atoms with van der Waals surface area (Å²) in [4.78, 5) is 9.05. The van der Waals surface area contributed by atoms with E-state index in [9.17, 15) is 0 Å². The van der Waals surface area contributed by atoms with Crippen molar-refractivity contribution in [3.8, 4) is 0 Å². The van der Waals surface area contributed by atoms with Gasteiger partial charge in [0, 0.05) is 17.6 Å². The lowest BCUT2D eigenvalue weighted by atomic mass is 10.0. The van der Waals surface area contributed by atoms with Crippen molar-refractivity contribution in [2.75, 3.05) is 5.73 Å². The lowest BCUT2D eigenvalue weighted by Crippen LogP contribution is -2.11. The average Bonchev–Trinajstić information content (AvgIpc) is 2.66. The zero-order valence-electron chi connectivity index (χ0n) is 10.7. The van der Waals surface area contributed by atoms with Crippen LogP contribution in [0.5, 0.6) is 0 Å². The molecule has 0 amide bonds. The number of aromatic nitrogens is 3. The van der Waals surface area contributed by atoms with Crippen molar-refractivity contribution >= 4 is 5.69 Å². The molecule has 3 rings (SSSR count). The van der Waals surface area contributed by atoms with E-state index in [1.54, 1.807) is 6.20 Å². The standard InChI is InChI=1S/C14H18N4/c1-10-17-13-4-2-3-5-14(13)18(10)9-12-8-11(15)6-7-16-12/h6-8H,2-5,9H2,1H3,(H2,15,16). The van der Waals surface area contributed by atoms with Crippen LogP contribution >= 0.6 is 0 Å². The maximum absolute atomic E-state index is 5.80. The molecule has 2 heterocycles. The van der Waals surface area contributed by atoms with E-state index in [1.807, 2.05) is 12.1 Å². The summed E-state index contributed by atoms with van der Waals surface area (Å²) in [6, 6.07) is 3.76. The average molecular weight is 242 g/mol. The number of aryl methyl sites for hydroxylation is 2. The Labute approximate surface area is 107 Å². The minimum atomic E-state index is 0.770. The van der Waals surface area contributed by atoms with Crippen LogP contribution in [0.25, 0.3) is 0 Å². The molecule has 0 unspecified atom stereocenters. The first-order chi connectivity index (χ1) is 8.74. The first-order valence-corrected chi connectivity index (χ1v) is 6.49. The predicted molar refractivity (Wildman–Crippen MR) is 71.4 cm³/mol. The Balaban J connectivity index is 1.95. The monoisotopic (exact) mass is 242 g/mol. The Hall–Kier alpha value is -1.84. The largest absolute Gasteiger partial charge is 0.399 e. The number of hydrogen-bond acceptors (Lipinski definition) is 3. The molecule has 2 aromatic heterocycles. The van der Waals surface area contributed by atoms with Crippen LogP contribution in [0.15, 0.2) is 18.3 Å². The molecule has 18 heavy (non-hydrogen) atoms. The van der Waals surface area contributed by atoms with Crippen molar-refractivity contribution in [2.24, 2.45) is 0 Å². The lowest BCUT2D eigenvalue weighted by molar-refractivity contribution is 0.620. The fraction of sp³-hybridized carbons (Fsp3) is 0.429. The lowest BCUT2D eigenvalue weighted by Gasteiger charge is -2.14. The predicted octanol–water partition coefficient (Wildman–Crippen LogP) is 2.10. The van der Waals surface area contributed by atoms with Gasteiger partial charge >= 0.3 is 0 Å². The van der Waals surface area contributed by atoms with E-state index in [2.05, 4.69) is 21.5 Å². The first kappa shape index (κ1) is 11.3. The molecular formula is C14H18N4. The minimum Gasteiger partial charge on any atom is -0.399 e. The van der Waals surface area contributed by atoms with Gasteiger partial charge in [0.15, 0.2) is 0 Å². The number of anilines is 1. The normalized spacial score (nSPS) is 14.5. The Morgan fingerprint density at radius 3 is 3.00 bits per heavy atom. The molecule has 0 aromatic carbocycles. The fourth-order valence-corrected chi connectivity index (χ4v) is 2.69. The summed E-state index contributed by atoms with van der Waals surface area (Å²) in [6.07, 6.45) is 6.55. The zero-order valence-corrected chi connectivity index (χ0v) is 10.7. The van der Waals surface area contributed by atoms with E-state index in [0.29, 0.717) is 0 Å². The van der Waals surface area contributed by atoms with E-state index >= 15 is 0 Å². The van der Waals surface area contributed by atoms with E-state index in [0.717, 1.165) is 36.6 Å². The third kappa shape index (κ3) is 1.98. The zero-order chi connectivity index (χ0) is 12.5. The number of nitrogens with two attached hydrogens (primary N) is 1. The van der Waals surface area contributed by atoms with E-state index in [4.69, 9.17) is 5.73 Å². The van der Waals surface area contributed by atoms with Gasteiger partial charge < -0.3 is 10.3 Å². The van der Waals surface area contributed by atoms with Gasteiger partial charge in [0.2, 0.25) is 0 Å². The van der Waals surface area contributed by atoms with E-state index in [1.165, 1.54) is 24.2 Å². The molecule has 0 saturated carbocycles. The second-order valence-corrected chi connectivity index (χ2v) is 4.93. The summed E-state index contributed by atoms with van der Waals surface area (Å²) >= 11 is 0. The van der Waals surface area contributed by atoms with Crippen molar-refractivity contribution in [1.82, 2.24) is 14.5 Å². The van der Waals surface area contributed by atoms with Crippen molar-refractivity contribution in [3.05, 3.63) is 41.2 Å². The molecule has 4 heteroatoms. The molecule has 0 saturated heterocycles. The highest BCUT2D eigenvalue weighted by molar-refractivity contribution is 5.37. The van der Waals surface area contributed by atoms with Gasteiger partial charge in [-0.25, -0.2) is 4.98 Å². The number of rotatable bonds is 2. The molecule has 0 atom stereocenters. The second-order valence-electron chi connectivity index (χ2n) is 4.93. The maximum Gasteiger partial charge on any atom is 0.106 e. The van der Waals surface area contributed by atoms with Crippen LogP contribution in [0.2, 0.25) is 0 Å². The highest BCUT2D eigenvalue weighted by Crippen LogP contribution is 2.22. The maximum atomic E-state index is 5.80. The topological polar surface area (TPSA) is 56.7 Å². The van der Waals surface area contributed by atoms with Crippen molar-refractivity contribution in [2.45, 2.75) is 39.2 Å². The highest BCUT2D eigenvalue weighted by Gasteiger charge is 2.18. The molecule has 0 fully saturated rings. The van der Waals surface area contributed by atoms with Crippen LogP contribution in [0, 0.1) is 6.92 Å². The van der Waals surface area contributed by atoms with Gasteiger partial charge in [0.25, 0.3) is 0 Å². The molecule has 2 aromatic rings. The van der Waals surface area contributed by atoms with Crippen molar-refractivity contribution in [3.63, 3.8) is 0 Å². The molecule has 1 aliphatic carbocycles. The van der Waals surface area contributed by atoms with Crippen LogP contribution in [0.1, 0.15) is 35.7 Å². The molecule has 0 bridgehead atoms. The first-order valence-electron chi connectivity index (χ1n) is 6.49. The molecule has 1 aliphatic rings. The minimum absolute atomic E-state index is 0.770. The Kier molecular flexibility index (Phi) is 2.78. The molecular weight excluding hydrogens is 224 g/mol. The van der Waals surface area contributed by atoms with Crippen LogP contribution < -0.4 is 5.73 Å². The Bertz CT molecular complexity index is 571. The Morgan fingerprint density at radius 1 is 1.33 bits per heavy atom. The molecule has 4 nitrogen and oxygen atoms in total. The van der Waals surface area contributed by atoms with E-state index in [-0.39, 0.29) is 0 Å². The number of hydrogen-bond donors (Lipinski definition) is 1. The smallest absolute Gasteiger partial charge is 0.106 e. The number of pyridine rings is 1.